The van der Waals surface area contributed by atoms with Gasteiger partial charge in [-0.1, -0.05) is 24.6 Å². The summed E-state index contributed by atoms with van der Waals surface area (Å²) in [6.45, 7) is 6.37. The van der Waals surface area contributed by atoms with Gasteiger partial charge >= 0.3 is 0 Å². The highest BCUT2D eigenvalue weighted by atomic mass is 16.3. The molecule has 4 nitrogen and oxygen atoms in total. The molecule has 1 atom stereocenters. The number of carbonyl (C=O) groups excluding carboxylic acids is 1. The zero-order valence-corrected chi connectivity index (χ0v) is 13.0. The lowest BCUT2D eigenvalue weighted by Gasteiger charge is -2.06. The summed E-state index contributed by atoms with van der Waals surface area (Å²) in [7, 11) is 0. The smallest absolute Gasteiger partial charge is 0.271 e. The molecule has 0 spiro atoms. The molecular formula is C17H24N2O2. The lowest BCUT2D eigenvalue weighted by molar-refractivity contribution is 0.0954. The summed E-state index contributed by atoms with van der Waals surface area (Å²) in [4.78, 5) is 11.7. The van der Waals surface area contributed by atoms with E-state index in [1.165, 1.54) is 17.7 Å². The molecule has 1 rings (SSSR count). The van der Waals surface area contributed by atoms with E-state index >= 15 is 0 Å². The molecule has 0 heterocycles. The van der Waals surface area contributed by atoms with E-state index in [0.717, 1.165) is 19.3 Å². The molecule has 4 heteroatoms. The number of rotatable bonds is 7. The number of nitrogens with one attached hydrogen (secondary N) is 1. The number of allylic oxidation sites excluding steroid dienone is 2. The maximum Gasteiger partial charge on any atom is 0.271 e. The maximum atomic E-state index is 11.7. The molecule has 0 aliphatic carbocycles. The fraction of sp³-hybridized carbons (Fsp3) is 0.412. The van der Waals surface area contributed by atoms with Gasteiger partial charge in [-0.3, -0.25) is 4.79 Å². The van der Waals surface area contributed by atoms with Crippen LogP contribution in [0.4, 0.5) is 0 Å². The molecule has 0 radical (unpaired) electrons. The van der Waals surface area contributed by atoms with Gasteiger partial charge in [0.05, 0.1) is 0 Å². The zero-order valence-electron chi connectivity index (χ0n) is 13.0. The van der Waals surface area contributed by atoms with Crippen LogP contribution in [0, 0.1) is 5.92 Å². The maximum absolute atomic E-state index is 11.7. The molecule has 2 N–H and O–H groups in total. The number of benzene rings is 1. The van der Waals surface area contributed by atoms with Crippen LogP contribution < -0.4 is 5.43 Å². The average Bonchev–Trinajstić information content (AvgIpc) is 2.43. The van der Waals surface area contributed by atoms with Crippen LogP contribution in [0.3, 0.4) is 0 Å². The van der Waals surface area contributed by atoms with Gasteiger partial charge in [0.2, 0.25) is 0 Å². The number of hydrogen-bond donors (Lipinski definition) is 2. The highest BCUT2D eigenvalue weighted by Crippen LogP contribution is 2.11. The number of nitrogens with zero attached hydrogens (tertiary/aromatic N) is 1. The lowest BCUT2D eigenvalue weighted by Crippen LogP contribution is -2.17. The Morgan fingerprint density at radius 3 is 2.86 bits per heavy atom. The molecule has 114 valence electrons. The third kappa shape index (κ3) is 7.30. The Kier molecular flexibility index (Phi) is 7.23. The molecule has 1 aromatic carbocycles. The topological polar surface area (TPSA) is 61.7 Å². The summed E-state index contributed by atoms with van der Waals surface area (Å²) in [6, 6.07) is 6.19. The molecule has 0 saturated carbocycles. The highest BCUT2D eigenvalue weighted by Gasteiger charge is 2.04. The Hall–Kier alpha value is -2.10. The molecular weight excluding hydrogens is 264 g/mol. The Bertz CT molecular complexity index is 517. The third-order valence-electron chi connectivity index (χ3n) is 3.09. The second-order valence-corrected chi connectivity index (χ2v) is 5.50. The fourth-order valence-corrected chi connectivity index (χ4v) is 1.82. The van der Waals surface area contributed by atoms with Gasteiger partial charge < -0.3 is 5.11 Å². The fourth-order valence-electron chi connectivity index (χ4n) is 1.82. The van der Waals surface area contributed by atoms with E-state index in [2.05, 4.69) is 37.4 Å². The molecule has 0 fully saturated rings. The summed E-state index contributed by atoms with van der Waals surface area (Å²) in [6.07, 6.45) is 6.98. The van der Waals surface area contributed by atoms with Crippen LogP contribution >= 0.6 is 0 Å². The predicted octanol–water partition coefficient (Wildman–Crippen LogP) is 3.88. The number of aromatic hydroxyl groups is 1. The van der Waals surface area contributed by atoms with Gasteiger partial charge in [-0.05, 0) is 57.2 Å². The van der Waals surface area contributed by atoms with Crippen molar-refractivity contribution in [2.45, 2.75) is 40.0 Å². The van der Waals surface area contributed by atoms with Crippen LogP contribution in [0.25, 0.3) is 0 Å². The van der Waals surface area contributed by atoms with E-state index in [1.54, 1.807) is 18.3 Å². The summed E-state index contributed by atoms with van der Waals surface area (Å²) < 4.78 is 0. The van der Waals surface area contributed by atoms with Crippen molar-refractivity contribution in [1.29, 1.82) is 0 Å². The second kappa shape index (κ2) is 8.95. The van der Waals surface area contributed by atoms with E-state index in [4.69, 9.17) is 0 Å². The van der Waals surface area contributed by atoms with Crippen molar-refractivity contribution in [1.82, 2.24) is 5.43 Å². The second-order valence-electron chi connectivity index (χ2n) is 5.50. The molecule has 1 aromatic rings. The number of phenolic OH excluding ortho intramolecular Hbond substituents is 1. The van der Waals surface area contributed by atoms with E-state index in [0.29, 0.717) is 11.5 Å². The monoisotopic (exact) mass is 288 g/mol. The van der Waals surface area contributed by atoms with Crippen molar-refractivity contribution in [2.75, 3.05) is 0 Å². The molecule has 0 aromatic heterocycles. The minimum absolute atomic E-state index is 0.0690. The van der Waals surface area contributed by atoms with Crippen LogP contribution in [-0.2, 0) is 0 Å². The average molecular weight is 288 g/mol. The SMILES string of the molecule is CC(C)=CCC[C@@H](C)C/C=N\NC(=O)c1cccc(O)c1. The molecule has 0 aliphatic heterocycles. The summed E-state index contributed by atoms with van der Waals surface area (Å²) >= 11 is 0. The van der Waals surface area contributed by atoms with E-state index in [1.807, 2.05) is 0 Å². The number of hydrogen-bond acceptors (Lipinski definition) is 3. The quantitative estimate of drug-likeness (QED) is 0.454. The van der Waals surface area contributed by atoms with Crippen LogP contribution in [0.2, 0.25) is 0 Å². The van der Waals surface area contributed by atoms with Crippen LogP contribution in [0.5, 0.6) is 5.75 Å². The van der Waals surface area contributed by atoms with Crippen LogP contribution in [0.15, 0.2) is 41.0 Å². The minimum Gasteiger partial charge on any atom is -0.508 e. The summed E-state index contributed by atoms with van der Waals surface area (Å²) in [5.74, 6) is 0.279. The van der Waals surface area contributed by atoms with Crippen molar-refractivity contribution in [3.63, 3.8) is 0 Å². The first kappa shape index (κ1) is 17.0. The van der Waals surface area contributed by atoms with Crippen molar-refractivity contribution < 1.29 is 9.90 Å². The molecule has 1 amide bonds. The standard InChI is InChI=1S/C17H24N2O2/c1-13(2)6-4-7-14(3)10-11-18-19-17(21)15-8-5-9-16(20)12-15/h5-6,8-9,11-12,14,20H,4,7,10H2,1-3H3,(H,19,21)/b18-11-/t14-/m1/s1. The molecule has 0 unspecified atom stereocenters. The van der Waals surface area contributed by atoms with Crippen molar-refractivity contribution in [3.8, 4) is 5.75 Å². The summed E-state index contributed by atoms with van der Waals surface area (Å²) in [5, 5.41) is 13.2. The summed E-state index contributed by atoms with van der Waals surface area (Å²) in [5.41, 5.74) is 4.20. The Labute approximate surface area is 126 Å². The van der Waals surface area contributed by atoms with Gasteiger partial charge in [0.1, 0.15) is 5.75 Å². The zero-order chi connectivity index (χ0) is 15.7. The highest BCUT2D eigenvalue weighted by molar-refractivity contribution is 5.94. The van der Waals surface area contributed by atoms with E-state index in [9.17, 15) is 9.90 Å². The van der Waals surface area contributed by atoms with Gasteiger partial charge in [-0.2, -0.15) is 5.10 Å². The first-order valence-corrected chi connectivity index (χ1v) is 7.23. The van der Waals surface area contributed by atoms with E-state index < -0.39 is 0 Å². The largest absolute Gasteiger partial charge is 0.508 e. The number of carbonyl (C=O) groups is 1. The van der Waals surface area contributed by atoms with Gasteiger partial charge in [-0.25, -0.2) is 5.43 Å². The van der Waals surface area contributed by atoms with Crippen molar-refractivity contribution in [2.24, 2.45) is 11.0 Å². The third-order valence-corrected chi connectivity index (χ3v) is 3.09. The van der Waals surface area contributed by atoms with Crippen LogP contribution in [0.1, 0.15) is 50.4 Å². The van der Waals surface area contributed by atoms with Gasteiger partial charge in [0, 0.05) is 11.8 Å². The predicted molar refractivity (Wildman–Crippen MR) is 86.5 cm³/mol. The normalized spacial score (nSPS) is 12.1. The van der Waals surface area contributed by atoms with Gasteiger partial charge in [-0.15, -0.1) is 0 Å². The lowest BCUT2D eigenvalue weighted by atomic mass is 10.0. The van der Waals surface area contributed by atoms with Gasteiger partial charge in [0.25, 0.3) is 5.91 Å². The molecule has 0 aliphatic rings. The Balaban J connectivity index is 2.31. The van der Waals surface area contributed by atoms with E-state index in [-0.39, 0.29) is 11.7 Å². The molecule has 21 heavy (non-hydrogen) atoms. The number of amides is 1. The molecule has 0 saturated heterocycles. The molecule has 0 bridgehead atoms. The minimum atomic E-state index is -0.320. The van der Waals surface area contributed by atoms with Crippen LogP contribution in [-0.4, -0.2) is 17.2 Å². The first-order valence-electron chi connectivity index (χ1n) is 7.23. The number of hydrazone groups is 1. The number of phenols is 1. The Morgan fingerprint density at radius 1 is 1.43 bits per heavy atom. The van der Waals surface area contributed by atoms with Crippen molar-refractivity contribution >= 4 is 12.1 Å². The Morgan fingerprint density at radius 2 is 2.19 bits per heavy atom. The van der Waals surface area contributed by atoms with Gasteiger partial charge in [0.15, 0.2) is 0 Å². The van der Waals surface area contributed by atoms with Crippen molar-refractivity contribution in [3.05, 3.63) is 41.5 Å². The first-order chi connectivity index (χ1) is 9.99.